The molecule has 0 heterocycles. The molecule has 0 saturated heterocycles. The predicted molar refractivity (Wildman–Crippen MR) is 69.6 cm³/mol. The summed E-state index contributed by atoms with van der Waals surface area (Å²) in [6.07, 6.45) is 0.987. The number of anilines is 1. The van der Waals surface area contributed by atoms with Crippen molar-refractivity contribution in [3.63, 3.8) is 0 Å². The fraction of sp³-hybridized carbons (Fsp3) is 0.500. The lowest BCUT2D eigenvalue weighted by molar-refractivity contribution is -0.120. The largest absolute Gasteiger partial charge is 0.326 e. The molecule has 2 rings (SSSR count). The lowest BCUT2D eigenvalue weighted by atomic mass is 10.1. The second-order valence-corrected chi connectivity index (χ2v) is 5.48. The van der Waals surface area contributed by atoms with Gasteiger partial charge in [-0.3, -0.25) is 4.79 Å². The van der Waals surface area contributed by atoms with Gasteiger partial charge in [0.15, 0.2) is 0 Å². The van der Waals surface area contributed by atoms with Crippen LogP contribution in [0.3, 0.4) is 0 Å². The fourth-order valence-electron chi connectivity index (χ4n) is 2.25. The van der Waals surface area contributed by atoms with Gasteiger partial charge in [0.25, 0.3) is 0 Å². The molecule has 1 aromatic carbocycles. The zero-order chi connectivity index (χ0) is 12.6. The van der Waals surface area contributed by atoms with E-state index in [9.17, 15) is 4.79 Å². The Hall–Kier alpha value is -1.35. The highest BCUT2D eigenvalue weighted by Gasteiger charge is 2.51. The molecule has 3 nitrogen and oxygen atoms in total. The van der Waals surface area contributed by atoms with Crippen molar-refractivity contribution in [1.29, 1.82) is 0 Å². The fourth-order valence-corrected chi connectivity index (χ4v) is 2.25. The van der Waals surface area contributed by atoms with Gasteiger partial charge < -0.3 is 10.6 Å². The van der Waals surface area contributed by atoms with E-state index in [0.29, 0.717) is 6.54 Å². The average Bonchev–Trinajstić information content (AvgIpc) is 2.96. The first-order valence-electron chi connectivity index (χ1n) is 6.03. The van der Waals surface area contributed by atoms with Crippen molar-refractivity contribution in [2.24, 2.45) is 17.1 Å². The summed E-state index contributed by atoms with van der Waals surface area (Å²) >= 11 is 0. The van der Waals surface area contributed by atoms with E-state index in [2.05, 4.69) is 13.8 Å². The molecule has 1 amide bonds. The standard InChI is InChI=1S/C14H20N2O/c1-14(2)8-11(14)13(17)16(3)12-7-5-4-6-10(12)9-15/h4-7,11H,8-9,15H2,1-3H3. The first-order valence-corrected chi connectivity index (χ1v) is 6.03. The summed E-state index contributed by atoms with van der Waals surface area (Å²) in [7, 11) is 1.84. The van der Waals surface area contributed by atoms with Gasteiger partial charge in [0, 0.05) is 25.2 Å². The lowest BCUT2D eigenvalue weighted by Crippen LogP contribution is -2.30. The van der Waals surface area contributed by atoms with Gasteiger partial charge in [0.1, 0.15) is 0 Å². The van der Waals surface area contributed by atoms with Crippen LogP contribution in [0.2, 0.25) is 0 Å². The molecule has 1 unspecified atom stereocenters. The average molecular weight is 232 g/mol. The number of para-hydroxylation sites is 1. The van der Waals surface area contributed by atoms with Crippen molar-refractivity contribution in [2.45, 2.75) is 26.8 Å². The molecule has 0 radical (unpaired) electrons. The summed E-state index contributed by atoms with van der Waals surface area (Å²) in [5, 5.41) is 0. The van der Waals surface area contributed by atoms with E-state index in [1.165, 1.54) is 0 Å². The minimum atomic E-state index is 0.165. The van der Waals surface area contributed by atoms with Crippen LogP contribution in [-0.4, -0.2) is 13.0 Å². The number of carbonyl (C=O) groups excluding carboxylic acids is 1. The van der Waals surface area contributed by atoms with Crippen LogP contribution < -0.4 is 10.6 Å². The zero-order valence-electron chi connectivity index (χ0n) is 10.7. The van der Waals surface area contributed by atoms with Gasteiger partial charge in [0.05, 0.1) is 0 Å². The summed E-state index contributed by atoms with van der Waals surface area (Å²) in [4.78, 5) is 14.0. The Bertz CT molecular complexity index is 440. The normalized spacial score (nSPS) is 21.1. The second kappa shape index (κ2) is 4.15. The lowest BCUT2D eigenvalue weighted by Gasteiger charge is -2.21. The topological polar surface area (TPSA) is 46.3 Å². The number of carbonyl (C=O) groups is 1. The molecule has 0 bridgehead atoms. The maximum atomic E-state index is 12.3. The molecule has 1 aromatic rings. The maximum Gasteiger partial charge on any atom is 0.230 e. The maximum absolute atomic E-state index is 12.3. The smallest absolute Gasteiger partial charge is 0.230 e. The summed E-state index contributed by atoms with van der Waals surface area (Å²) in [6, 6.07) is 7.81. The Morgan fingerprint density at radius 2 is 2.06 bits per heavy atom. The number of hydrogen-bond acceptors (Lipinski definition) is 2. The first kappa shape index (κ1) is 12.1. The van der Waals surface area contributed by atoms with Crippen molar-refractivity contribution in [3.05, 3.63) is 29.8 Å². The zero-order valence-corrected chi connectivity index (χ0v) is 10.7. The quantitative estimate of drug-likeness (QED) is 0.868. The van der Waals surface area contributed by atoms with Gasteiger partial charge in [-0.1, -0.05) is 32.0 Å². The van der Waals surface area contributed by atoms with Crippen LogP contribution in [0.25, 0.3) is 0 Å². The van der Waals surface area contributed by atoms with E-state index in [1.807, 2.05) is 31.3 Å². The molecule has 3 heteroatoms. The van der Waals surface area contributed by atoms with Crippen molar-refractivity contribution in [1.82, 2.24) is 0 Å². The predicted octanol–water partition coefficient (Wildman–Crippen LogP) is 2.15. The van der Waals surface area contributed by atoms with Crippen LogP contribution in [0.5, 0.6) is 0 Å². The molecule has 1 saturated carbocycles. The highest BCUT2D eigenvalue weighted by atomic mass is 16.2. The first-order chi connectivity index (χ1) is 7.97. The molecule has 1 aliphatic rings. The number of rotatable bonds is 3. The van der Waals surface area contributed by atoms with Crippen LogP contribution in [0, 0.1) is 11.3 Å². The van der Waals surface area contributed by atoms with Crippen LogP contribution in [0.4, 0.5) is 5.69 Å². The minimum absolute atomic E-state index is 0.165. The number of nitrogens with two attached hydrogens (primary N) is 1. The minimum Gasteiger partial charge on any atom is -0.326 e. The Morgan fingerprint density at radius 3 is 2.59 bits per heavy atom. The Balaban J connectivity index is 2.20. The third-order valence-corrected chi connectivity index (χ3v) is 3.71. The molecule has 1 fully saturated rings. The van der Waals surface area contributed by atoms with Crippen molar-refractivity contribution >= 4 is 11.6 Å². The number of benzene rings is 1. The molecule has 17 heavy (non-hydrogen) atoms. The SMILES string of the molecule is CN(C(=O)C1CC1(C)C)c1ccccc1CN. The second-order valence-electron chi connectivity index (χ2n) is 5.48. The van der Waals surface area contributed by atoms with Crippen LogP contribution in [-0.2, 0) is 11.3 Å². The van der Waals surface area contributed by atoms with Crippen molar-refractivity contribution in [2.75, 3.05) is 11.9 Å². The van der Waals surface area contributed by atoms with E-state index in [-0.39, 0.29) is 17.2 Å². The molecule has 0 aliphatic heterocycles. The van der Waals surface area contributed by atoms with E-state index in [0.717, 1.165) is 17.7 Å². The summed E-state index contributed by atoms with van der Waals surface area (Å²) in [6.45, 7) is 4.73. The monoisotopic (exact) mass is 232 g/mol. The third kappa shape index (κ3) is 2.20. The highest BCUT2D eigenvalue weighted by molar-refractivity contribution is 5.97. The molecule has 2 N–H and O–H groups in total. The Morgan fingerprint density at radius 1 is 1.47 bits per heavy atom. The van der Waals surface area contributed by atoms with Crippen molar-refractivity contribution in [3.8, 4) is 0 Å². The molecular weight excluding hydrogens is 212 g/mol. The highest BCUT2D eigenvalue weighted by Crippen LogP contribution is 2.52. The molecule has 0 aromatic heterocycles. The van der Waals surface area contributed by atoms with Gasteiger partial charge in [-0.2, -0.15) is 0 Å². The van der Waals surface area contributed by atoms with Crippen molar-refractivity contribution < 1.29 is 4.79 Å². The van der Waals surface area contributed by atoms with E-state index >= 15 is 0 Å². The Kier molecular flexibility index (Phi) is 2.96. The van der Waals surface area contributed by atoms with Gasteiger partial charge in [-0.15, -0.1) is 0 Å². The molecular formula is C14H20N2O. The number of amides is 1. The molecule has 92 valence electrons. The molecule has 1 atom stereocenters. The number of nitrogens with zero attached hydrogens (tertiary/aromatic N) is 1. The Labute approximate surface area is 103 Å². The summed E-state index contributed by atoms with van der Waals surface area (Å²) in [5.74, 6) is 0.370. The third-order valence-electron chi connectivity index (χ3n) is 3.71. The summed E-state index contributed by atoms with van der Waals surface area (Å²) in [5.41, 5.74) is 7.81. The van der Waals surface area contributed by atoms with Crippen LogP contribution in [0.15, 0.2) is 24.3 Å². The van der Waals surface area contributed by atoms with Crippen LogP contribution in [0.1, 0.15) is 25.8 Å². The van der Waals surface area contributed by atoms with E-state index in [4.69, 9.17) is 5.73 Å². The van der Waals surface area contributed by atoms with Gasteiger partial charge in [-0.25, -0.2) is 0 Å². The van der Waals surface area contributed by atoms with E-state index in [1.54, 1.807) is 4.90 Å². The van der Waals surface area contributed by atoms with Gasteiger partial charge >= 0.3 is 0 Å². The van der Waals surface area contributed by atoms with Crippen LogP contribution >= 0.6 is 0 Å². The molecule has 0 spiro atoms. The number of hydrogen-bond donors (Lipinski definition) is 1. The molecule has 1 aliphatic carbocycles. The van der Waals surface area contributed by atoms with Gasteiger partial charge in [0.2, 0.25) is 5.91 Å². The van der Waals surface area contributed by atoms with E-state index < -0.39 is 0 Å². The summed E-state index contributed by atoms with van der Waals surface area (Å²) < 4.78 is 0. The van der Waals surface area contributed by atoms with Gasteiger partial charge in [-0.05, 0) is 23.5 Å².